The molecule has 0 spiro atoms. The van der Waals surface area contributed by atoms with Crippen molar-refractivity contribution in [1.82, 2.24) is 34.9 Å². The van der Waals surface area contributed by atoms with Crippen molar-refractivity contribution >= 4 is 21.9 Å². The summed E-state index contributed by atoms with van der Waals surface area (Å²) in [6.45, 7) is 0.500. The van der Waals surface area contributed by atoms with Gasteiger partial charge in [0, 0.05) is 36.8 Å². The molecule has 8 heteroatoms. The Bertz CT molecular complexity index is 1260. The first kappa shape index (κ1) is 16.4. The molecule has 4 aromatic heterocycles. The first-order valence-corrected chi connectivity index (χ1v) is 8.93. The van der Waals surface area contributed by atoms with Crippen molar-refractivity contribution in [3.8, 4) is 17.3 Å². The summed E-state index contributed by atoms with van der Waals surface area (Å²) >= 11 is 0. The summed E-state index contributed by atoms with van der Waals surface area (Å²) in [5.41, 5.74) is 3.72. The monoisotopic (exact) mass is 371 g/mol. The first-order valence-electron chi connectivity index (χ1n) is 8.93. The molecule has 0 aliphatic carbocycles. The number of aromatic amines is 1. The smallest absolute Gasteiger partial charge is 0.228 e. The van der Waals surface area contributed by atoms with Crippen LogP contribution in [0, 0.1) is 0 Å². The zero-order valence-corrected chi connectivity index (χ0v) is 15.2. The van der Waals surface area contributed by atoms with Gasteiger partial charge in [-0.05, 0) is 23.8 Å². The Labute approximate surface area is 160 Å². The number of aromatic nitrogens is 7. The second-order valence-electron chi connectivity index (χ2n) is 6.45. The molecule has 0 fully saturated rings. The molecule has 28 heavy (non-hydrogen) atoms. The molecular formula is C20H17N7O. The molecule has 5 rings (SSSR count). The number of ether oxygens (including phenoxy) is 1. The van der Waals surface area contributed by atoms with E-state index in [-0.39, 0.29) is 0 Å². The van der Waals surface area contributed by atoms with Crippen molar-refractivity contribution < 1.29 is 4.74 Å². The number of hydrogen-bond acceptors (Lipinski definition) is 6. The predicted molar refractivity (Wildman–Crippen MR) is 105 cm³/mol. The van der Waals surface area contributed by atoms with Crippen LogP contribution in [0.25, 0.3) is 33.3 Å². The number of nitrogens with zero attached hydrogens (tertiary/aromatic N) is 6. The van der Waals surface area contributed by atoms with Gasteiger partial charge in [-0.2, -0.15) is 15.2 Å². The van der Waals surface area contributed by atoms with Crippen LogP contribution in [0.3, 0.4) is 0 Å². The Hall–Kier alpha value is -3.81. The lowest BCUT2D eigenvalue weighted by Gasteiger charge is -2.09. The second-order valence-corrected chi connectivity index (χ2v) is 6.45. The van der Waals surface area contributed by atoms with Gasteiger partial charge in [-0.15, -0.1) is 0 Å². The normalized spacial score (nSPS) is 11.3. The minimum Gasteiger partial charge on any atom is -0.477 e. The van der Waals surface area contributed by atoms with Gasteiger partial charge >= 0.3 is 0 Å². The average molecular weight is 371 g/mol. The zero-order valence-electron chi connectivity index (χ0n) is 15.2. The molecule has 0 atom stereocenters. The van der Waals surface area contributed by atoms with E-state index in [1.54, 1.807) is 29.5 Å². The van der Waals surface area contributed by atoms with E-state index in [0.29, 0.717) is 18.3 Å². The van der Waals surface area contributed by atoms with Crippen LogP contribution in [0.1, 0.15) is 5.56 Å². The molecule has 138 valence electrons. The maximum Gasteiger partial charge on any atom is 0.228 e. The average Bonchev–Trinajstić information content (AvgIpc) is 3.35. The highest BCUT2D eigenvalue weighted by molar-refractivity contribution is 5.93. The molecule has 0 unspecified atom stereocenters. The van der Waals surface area contributed by atoms with Crippen molar-refractivity contribution in [3.05, 3.63) is 60.7 Å². The van der Waals surface area contributed by atoms with E-state index in [4.69, 9.17) is 14.7 Å². The number of nitrogens with one attached hydrogen (secondary N) is 1. The van der Waals surface area contributed by atoms with Crippen LogP contribution < -0.4 is 4.74 Å². The van der Waals surface area contributed by atoms with Gasteiger partial charge in [0.2, 0.25) is 5.88 Å². The lowest BCUT2D eigenvalue weighted by atomic mass is 10.1. The Morgan fingerprint density at radius 2 is 1.93 bits per heavy atom. The zero-order chi connectivity index (χ0) is 18.9. The van der Waals surface area contributed by atoms with Gasteiger partial charge in [0.1, 0.15) is 5.39 Å². The molecule has 0 aliphatic heterocycles. The van der Waals surface area contributed by atoms with Gasteiger partial charge < -0.3 is 4.74 Å². The molecule has 4 heterocycles. The van der Waals surface area contributed by atoms with Gasteiger partial charge in [-0.3, -0.25) is 14.8 Å². The molecule has 0 radical (unpaired) electrons. The molecular weight excluding hydrogens is 354 g/mol. The summed E-state index contributed by atoms with van der Waals surface area (Å²) in [6, 6.07) is 9.87. The topological polar surface area (TPSA) is 94.4 Å². The minimum absolute atomic E-state index is 0.500. The third-order valence-corrected chi connectivity index (χ3v) is 4.66. The highest BCUT2D eigenvalue weighted by Crippen LogP contribution is 2.30. The van der Waals surface area contributed by atoms with E-state index in [0.717, 1.165) is 39.5 Å². The van der Waals surface area contributed by atoms with Crippen LogP contribution in [-0.4, -0.2) is 41.5 Å². The first-order chi connectivity index (χ1) is 13.8. The Morgan fingerprint density at radius 1 is 1.04 bits per heavy atom. The summed E-state index contributed by atoms with van der Waals surface area (Å²) in [7, 11) is 1.86. The van der Waals surface area contributed by atoms with Gasteiger partial charge in [0.15, 0.2) is 11.5 Å². The van der Waals surface area contributed by atoms with Gasteiger partial charge in [0.05, 0.1) is 24.5 Å². The SMILES string of the molecule is Cn1ncc2c(OCCc3ccncc3)nc(-c3cccc4[nH]ncc34)nc21. The molecule has 5 aromatic rings. The minimum atomic E-state index is 0.500. The standard InChI is InChI=1S/C20H17N7O/c1-27-19-16(12-23-27)20(28-10-7-13-5-8-21-9-6-13)25-18(24-19)14-3-2-4-17-15(14)11-22-26-17/h2-6,8-9,11-12H,7,10H2,1H3,(H,22,26). The van der Waals surface area contributed by atoms with E-state index < -0.39 is 0 Å². The lowest BCUT2D eigenvalue weighted by Crippen LogP contribution is -2.05. The van der Waals surface area contributed by atoms with Crippen molar-refractivity contribution in [2.24, 2.45) is 7.05 Å². The molecule has 0 amide bonds. The number of H-pyrrole nitrogens is 1. The van der Waals surface area contributed by atoms with Gasteiger partial charge in [-0.25, -0.2) is 4.98 Å². The number of pyridine rings is 1. The summed E-state index contributed by atoms with van der Waals surface area (Å²) < 4.78 is 7.77. The van der Waals surface area contributed by atoms with E-state index in [2.05, 4.69) is 20.3 Å². The largest absolute Gasteiger partial charge is 0.477 e. The summed E-state index contributed by atoms with van der Waals surface area (Å²) in [6.07, 6.45) is 7.84. The summed E-state index contributed by atoms with van der Waals surface area (Å²) in [5, 5.41) is 13.2. The van der Waals surface area contributed by atoms with Crippen LogP contribution in [0.5, 0.6) is 5.88 Å². The Morgan fingerprint density at radius 3 is 2.82 bits per heavy atom. The fourth-order valence-corrected chi connectivity index (χ4v) is 3.20. The second kappa shape index (κ2) is 6.73. The van der Waals surface area contributed by atoms with Gasteiger partial charge in [-0.1, -0.05) is 12.1 Å². The van der Waals surface area contributed by atoms with Crippen LogP contribution >= 0.6 is 0 Å². The molecule has 0 saturated heterocycles. The van der Waals surface area contributed by atoms with Crippen molar-refractivity contribution in [2.75, 3.05) is 6.61 Å². The lowest BCUT2D eigenvalue weighted by molar-refractivity contribution is 0.313. The maximum atomic E-state index is 6.04. The van der Waals surface area contributed by atoms with E-state index >= 15 is 0 Å². The van der Waals surface area contributed by atoms with Crippen LogP contribution in [0.2, 0.25) is 0 Å². The highest BCUT2D eigenvalue weighted by atomic mass is 16.5. The number of rotatable bonds is 5. The third kappa shape index (κ3) is 2.84. The quantitative estimate of drug-likeness (QED) is 0.510. The summed E-state index contributed by atoms with van der Waals surface area (Å²) in [5.74, 6) is 1.12. The van der Waals surface area contributed by atoms with Crippen molar-refractivity contribution in [3.63, 3.8) is 0 Å². The third-order valence-electron chi connectivity index (χ3n) is 4.66. The van der Waals surface area contributed by atoms with Crippen LogP contribution in [0.15, 0.2) is 55.1 Å². The maximum absolute atomic E-state index is 6.04. The Kier molecular flexibility index (Phi) is 3.93. The molecule has 1 N–H and O–H groups in total. The number of hydrogen-bond donors (Lipinski definition) is 1. The fourth-order valence-electron chi connectivity index (χ4n) is 3.20. The van der Waals surface area contributed by atoms with Gasteiger partial charge in [0.25, 0.3) is 0 Å². The molecule has 0 saturated carbocycles. The van der Waals surface area contributed by atoms with E-state index in [1.807, 2.05) is 37.4 Å². The fraction of sp³-hybridized carbons (Fsp3) is 0.150. The van der Waals surface area contributed by atoms with Crippen molar-refractivity contribution in [2.45, 2.75) is 6.42 Å². The number of fused-ring (bicyclic) bond motifs is 2. The van der Waals surface area contributed by atoms with Crippen LogP contribution in [0.4, 0.5) is 0 Å². The Balaban J connectivity index is 1.54. The highest BCUT2D eigenvalue weighted by Gasteiger charge is 2.16. The number of benzene rings is 1. The summed E-state index contributed by atoms with van der Waals surface area (Å²) in [4.78, 5) is 13.5. The molecule has 0 aliphatic rings. The number of aryl methyl sites for hydroxylation is 1. The molecule has 1 aromatic carbocycles. The molecule has 0 bridgehead atoms. The predicted octanol–water partition coefficient (Wildman–Crippen LogP) is 2.92. The van der Waals surface area contributed by atoms with Crippen LogP contribution in [-0.2, 0) is 13.5 Å². The van der Waals surface area contributed by atoms with Crippen molar-refractivity contribution in [1.29, 1.82) is 0 Å². The van der Waals surface area contributed by atoms with E-state index in [9.17, 15) is 0 Å². The molecule has 8 nitrogen and oxygen atoms in total. The van der Waals surface area contributed by atoms with E-state index in [1.165, 1.54) is 0 Å².